The molecule has 0 atom stereocenters. The van der Waals surface area contributed by atoms with E-state index in [2.05, 4.69) is 5.32 Å². The maximum absolute atomic E-state index is 13.9. The topological polar surface area (TPSA) is 35.5 Å². The quantitative estimate of drug-likeness (QED) is 0.758. The van der Waals surface area contributed by atoms with Crippen LogP contribution in [0.1, 0.15) is 12.5 Å². The summed E-state index contributed by atoms with van der Waals surface area (Å²) >= 11 is 0. The number of alkyl halides is 3. The SMILES string of the molecule is CCNCc1ccc(N(CCO)CC(F)(F)F)c(F)c1. The van der Waals surface area contributed by atoms with Crippen molar-refractivity contribution in [3.8, 4) is 0 Å². The molecule has 0 radical (unpaired) electrons. The minimum absolute atomic E-state index is 0.156. The lowest BCUT2D eigenvalue weighted by molar-refractivity contribution is -0.119. The van der Waals surface area contributed by atoms with Crippen LogP contribution in [0.5, 0.6) is 0 Å². The minimum atomic E-state index is -4.45. The smallest absolute Gasteiger partial charge is 0.395 e. The van der Waals surface area contributed by atoms with Gasteiger partial charge in [0.15, 0.2) is 0 Å². The van der Waals surface area contributed by atoms with Gasteiger partial charge >= 0.3 is 6.18 Å². The molecule has 0 saturated carbocycles. The lowest BCUT2D eigenvalue weighted by atomic mass is 10.1. The van der Waals surface area contributed by atoms with E-state index in [4.69, 9.17) is 5.11 Å². The van der Waals surface area contributed by atoms with Gasteiger partial charge in [0.2, 0.25) is 0 Å². The largest absolute Gasteiger partial charge is 0.405 e. The number of aliphatic hydroxyl groups excluding tert-OH is 1. The first-order chi connectivity index (χ1) is 9.37. The second-order valence-corrected chi connectivity index (χ2v) is 4.33. The third-order valence-electron chi connectivity index (χ3n) is 2.67. The summed E-state index contributed by atoms with van der Waals surface area (Å²) in [5.41, 5.74) is 0.501. The van der Waals surface area contributed by atoms with Crippen LogP contribution in [0.25, 0.3) is 0 Å². The Morgan fingerprint density at radius 3 is 2.50 bits per heavy atom. The van der Waals surface area contributed by atoms with E-state index in [1.54, 1.807) is 6.07 Å². The molecule has 7 heteroatoms. The Bertz CT molecular complexity index is 423. The van der Waals surface area contributed by atoms with Crippen LogP contribution in [0.4, 0.5) is 23.2 Å². The van der Waals surface area contributed by atoms with Gasteiger partial charge in [0.1, 0.15) is 12.4 Å². The van der Waals surface area contributed by atoms with E-state index in [0.29, 0.717) is 18.7 Å². The lowest BCUT2D eigenvalue weighted by Gasteiger charge is -2.25. The maximum atomic E-state index is 13.9. The molecule has 114 valence electrons. The molecule has 0 aliphatic heterocycles. The second kappa shape index (κ2) is 7.44. The number of anilines is 1. The van der Waals surface area contributed by atoms with Gasteiger partial charge in [-0.3, -0.25) is 0 Å². The number of benzene rings is 1. The van der Waals surface area contributed by atoms with Crippen molar-refractivity contribution in [3.05, 3.63) is 29.6 Å². The Kier molecular flexibility index (Phi) is 6.22. The Morgan fingerprint density at radius 1 is 1.30 bits per heavy atom. The second-order valence-electron chi connectivity index (χ2n) is 4.33. The molecule has 0 spiro atoms. The van der Waals surface area contributed by atoms with E-state index in [9.17, 15) is 17.6 Å². The summed E-state index contributed by atoms with van der Waals surface area (Å²) in [6, 6.07) is 4.09. The van der Waals surface area contributed by atoms with E-state index in [0.717, 1.165) is 4.90 Å². The van der Waals surface area contributed by atoms with Gasteiger partial charge in [-0.25, -0.2) is 4.39 Å². The number of nitrogens with zero attached hydrogens (tertiary/aromatic N) is 1. The number of aliphatic hydroxyl groups is 1. The fourth-order valence-corrected chi connectivity index (χ4v) is 1.81. The fraction of sp³-hybridized carbons (Fsp3) is 0.538. The number of hydrogen-bond acceptors (Lipinski definition) is 3. The van der Waals surface area contributed by atoms with Gasteiger partial charge in [0.25, 0.3) is 0 Å². The zero-order valence-electron chi connectivity index (χ0n) is 11.2. The monoisotopic (exact) mass is 294 g/mol. The van der Waals surface area contributed by atoms with Crippen LogP contribution in [-0.2, 0) is 6.54 Å². The summed E-state index contributed by atoms with van der Waals surface area (Å²) in [6.07, 6.45) is -4.45. The van der Waals surface area contributed by atoms with Gasteiger partial charge in [-0.15, -0.1) is 0 Å². The minimum Gasteiger partial charge on any atom is -0.395 e. The predicted octanol–water partition coefficient (Wildman–Crippen LogP) is 2.30. The molecule has 0 amide bonds. The molecule has 0 aromatic heterocycles. The Balaban J connectivity index is 2.90. The van der Waals surface area contributed by atoms with Gasteiger partial charge in [-0.05, 0) is 24.2 Å². The van der Waals surface area contributed by atoms with Gasteiger partial charge in [0, 0.05) is 13.1 Å². The maximum Gasteiger partial charge on any atom is 0.405 e. The molecule has 0 bridgehead atoms. The van der Waals surface area contributed by atoms with Crippen molar-refractivity contribution in [2.45, 2.75) is 19.6 Å². The molecule has 20 heavy (non-hydrogen) atoms. The van der Waals surface area contributed by atoms with Gasteiger partial charge in [-0.2, -0.15) is 13.2 Å². The molecule has 0 heterocycles. The number of halogens is 4. The molecule has 1 rings (SSSR count). The Hall–Kier alpha value is -1.34. The highest BCUT2D eigenvalue weighted by molar-refractivity contribution is 5.49. The zero-order chi connectivity index (χ0) is 15.2. The molecule has 0 saturated heterocycles. The molecule has 0 aliphatic carbocycles. The highest BCUT2D eigenvalue weighted by Gasteiger charge is 2.31. The number of nitrogens with one attached hydrogen (secondary N) is 1. The van der Waals surface area contributed by atoms with Crippen LogP contribution in [-0.4, -0.2) is 37.5 Å². The summed E-state index contributed by atoms with van der Waals surface area (Å²) in [5.74, 6) is -0.724. The lowest BCUT2D eigenvalue weighted by Crippen LogP contribution is -2.36. The van der Waals surface area contributed by atoms with Crippen LogP contribution in [0.2, 0.25) is 0 Å². The summed E-state index contributed by atoms with van der Waals surface area (Å²) in [5, 5.41) is 11.8. The summed E-state index contributed by atoms with van der Waals surface area (Å²) in [7, 11) is 0. The van der Waals surface area contributed by atoms with Gasteiger partial charge in [-0.1, -0.05) is 13.0 Å². The van der Waals surface area contributed by atoms with Crippen molar-refractivity contribution >= 4 is 5.69 Å². The van der Waals surface area contributed by atoms with Crippen LogP contribution >= 0.6 is 0 Å². The van der Waals surface area contributed by atoms with Gasteiger partial charge in [0.05, 0.1) is 12.3 Å². The van der Waals surface area contributed by atoms with Crippen LogP contribution < -0.4 is 10.2 Å². The molecule has 3 nitrogen and oxygen atoms in total. The zero-order valence-corrected chi connectivity index (χ0v) is 11.2. The average Bonchev–Trinajstić information content (AvgIpc) is 2.34. The fourth-order valence-electron chi connectivity index (χ4n) is 1.81. The molecule has 1 aromatic rings. The van der Waals surface area contributed by atoms with E-state index in [-0.39, 0.29) is 12.2 Å². The van der Waals surface area contributed by atoms with E-state index >= 15 is 0 Å². The third-order valence-corrected chi connectivity index (χ3v) is 2.67. The third kappa shape index (κ3) is 5.34. The first kappa shape index (κ1) is 16.7. The van der Waals surface area contributed by atoms with Crippen LogP contribution in [0, 0.1) is 5.82 Å². The van der Waals surface area contributed by atoms with E-state index in [1.165, 1.54) is 12.1 Å². The number of hydrogen-bond donors (Lipinski definition) is 2. The highest BCUT2D eigenvalue weighted by Crippen LogP contribution is 2.25. The van der Waals surface area contributed by atoms with Crippen molar-refractivity contribution in [2.24, 2.45) is 0 Å². The van der Waals surface area contributed by atoms with E-state index < -0.39 is 25.1 Å². The summed E-state index contributed by atoms with van der Waals surface area (Å²) in [6.45, 7) is 1.02. The molecule has 0 unspecified atom stereocenters. The summed E-state index contributed by atoms with van der Waals surface area (Å²) < 4.78 is 51.2. The molecular weight excluding hydrogens is 276 g/mol. The Labute approximate surface area is 115 Å². The number of rotatable bonds is 7. The van der Waals surface area contributed by atoms with Crippen LogP contribution in [0.3, 0.4) is 0 Å². The predicted molar refractivity (Wildman–Crippen MR) is 69.1 cm³/mol. The average molecular weight is 294 g/mol. The Morgan fingerprint density at radius 2 is 2.00 bits per heavy atom. The molecule has 0 fully saturated rings. The van der Waals surface area contributed by atoms with Crippen molar-refractivity contribution in [1.82, 2.24) is 5.32 Å². The normalized spacial score (nSPS) is 11.7. The van der Waals surface area contributed by atoms with Crippen molar-refractivity contribution in [3.63, 3.8) is 0 Å². The van der Waals surface area contributed by atoms with Crippen LogP contribution in [0.15, 0.2) is 18.2 Å². The standard InChI is InChI=1S/C13H18F4N2O/c1-2-18-8-10-3-4-12(11(14)7-10)19(5-6-20)9-13(15,16)17/h3-4,7,18,20H,2,5-6,8-9H2,1H3. The molecular formula is C13H18F4N2O. The molecule has 0 aliphatic rings. The van der Waals surface area contributed by atoms with E-state index in [1.807, 2.05) is 6.92 Å². The molecule has 2 N–H and O–H groups in total. The highest BCUT2D eigenvalue weighted by atomic mass is 19.4. The van der Waals surface area contributed by atoms with Crippen molar-refractivity contribution in [2.75, 3.05) is 31.1 Å². The van der Waals surface area contributed by atoms with Gasteiger partial charge < -0.3 is 15.3 Å². The first-order valence-corrected chi connectivity index (χ1v) is 6.29. The first-order valence-electron chi connectivity index (χ1n) is 6.29. The molecule has 1 aromatic carbocycles. The van der Waals surface area contributed by atoms with Crippen molar-refractivity contribution in [1.29, 1.82) is 0 Å². The summed E-state index contributed by atoms with van der Waals surface area (Å²) in [4.78, 5) is 0.784. The van der Waals surface area contributed by atoms with Crippen molar-refractivity contribution < 1.29 is 22.7 Å².